The number of amides is 1. The molecule has 3 N–H and O–H groups in total. The Morgan fingerprint density at radius 1 is 1.38 bits per heavy atom. The summed E-state index contributed by atoms with van der Waals surface area (Å²) >= 11 is 0. The van der Waals surface area contributed by atoms with Crippen molar-refractivity contribution < 1.29 is 4.79 Å². The smallest absolute Gasteiger partial charge is 0.271 e. The van der Waals surface area contributed by atoms with Gasteiger partial charge in [-0.3, -0.25) is 9.59 Å². The first-order valence-corrected chi connectivity index (χ1v) is 9.70. The molecule has 1 amide bonds. The first kappa shape index (κ1) is 20.6. The van der Waals surface area contributed by atoms with Gasteiger partial charge in [0.25, 0.3) is 5.56 Å². The van der Waals surface area contributed by atoms with Crippen molar-refractivity contribution in [2.24, 2.45) is 0 Å². The molecule has 1 atom stereocenters. The number of aromatic amines is 1. The molecule has 0 aromatic carbocycles. The van der Waals surface area contributed by atoms with Crippen molar-refractivity contribution >= 4 is 17.4 Å². The van der Waals surface area contributed by atoms with Crippen LogP contribution in [0.3, 0.4) is 0 Å². The zero-order chi connectivity index (χ0) is 20.8. The second kappa shape index (κ2) is 9.38. The second-order valence-electron chi connectivity index (χ2n) is 7.39. The van der Waals surface area contributed by atoms with Gasteiger partial charge < -0.3 is 25.4 Å². The minimum atomic E-state index is -0.174. The zero-order valence-electron chi connectivity index (χ0n) is 17.1. The molecule has 3 rings (SSSR count). The van der Waals surface area contributed by atoms with Gasteiger partial charge in [-0.1, -0.05) is 6.08 Å². The first-order valence-electron chi connectivity index (χ1n) is 9.70. The summed E-state index contributed by atoms with van der Waals surface area (Å²) in [7, 11) is 5.73. The van der Waals surface area contributed by atoms with Crippen LogP contribution in [0, 0.1) is 0 Å². The Morgan fingerprint density at radius 3 is 2.97 bits per heavy atom. The molecule has 0 aliphatic carbocycles. The number of nitrogens with one attached hydrogen (secondary N) is 3. The lowest BCUT2D eigenvalue weighted by Crippen LogP contribution is -2.31. The van der Waals surface area contributed by atoms with Gasteiger partial charge in [-0.15, -0.1) is 0 Å². The molecule has 2 aromatic rings. The average Bonchev–Trinajstić information content (AvgIpc) is 3.18. The highest BCUT2D eigenvalue weighted by molar-refractivity contribution is 5.87. The highest BCUT2D eigenvalue weighted by Gasteiger charge is 2.25. The van der Waals surface area contributed by atoms with Crippen LogP contribution in [-0.2, 0) is 4.79 Å². The number of likely N-dealkylation sites (N-methyl/N-ethyl adjacent to an activating group) is 1. The van der Waals surface area contributed by atoms with E-state index in [0.717, 1.165) is 29.9 Å². The maximum Gasteiger partial charge on any atom is 0.271 e. The van der Waals surface area contributed by atoms with Crippen LogP contribution in [0.4, 0.5) is 11.5 Å². The quantitative estimate of drug-likeness (QED) is 0.616. The van der Waals surface area contributed by atoms with Gasteiger partial charge in [0, 0.05) is 56.8 Å². The van der Waals surface area contributed by atoms with Gasteiger partial charge in [0.1, 0.15) is 11.5 Å². The number of aromatic nitrogens is 2. The predicted molar refractivity (Wildman–Crippen MR) is 116 cm³/mol. The van der Waals surface area contributed by atoms with Crippen molar-refractivity contribution in [2.75, 3.05) is 51.4 Å². The van der Waals surface area contributed by atoms with Crippen LogP contribution in [-0.4, -0.2) is 72.5 Å². The van der Waals surface area contributed by atoms with E-state index in [1.165, 1.54) is 0 Å². The third-order valence-corrected chi connectivity index (χ3v) is 4.84. The first-order chi connectivity index (χ1) is 14.0. The number of pyridine rings is 2. The van der Waals surface area contributed by atoms with E-state index in [9.17, 15) is 9.59 Å². The molecule has 0 spiro atoms. The highest BCUT2D eigenvalue weighted by Crippen LogP contribution is 2.22. The fraction of sp³-hybridized carbons (Fsp3) is 0.381. The second-order valence-corrected chi connectivity index (χ2v) is 7.39. The van der Waals surface area contributed by atoms with E-state index in [1.54, 1.807) is 18.5 Å². The molecular weight excluding hydrogens is 368 g/mol. The standard InChI is InChI=1S/C21H28N6O2/c1-22-19-12-15(6-8-23-19)16-11-18(21(29)24-13-16)25-17-7-10-27(14-17)20(28)5-4-9-26(2)3/h4-6,8,11-13,17,25H,7,9-10,14H2,1-3H3,(H,22,23)(H,24,29)/b5-4+/t17-/m0/s1. The maximum absolute atomic E-state index is 12.3. The Bertz CT molecular complexity index is 937. The molecule has 1 saturated heterocycles. The summed E-state index contributed by atoms with van der Waals surface area (Å²) < 4.78 is 0. The van der Waals surface area contributed by atoms with Crippen molar-refractivity contribution in [3.63, 3.8) is 0 Å². The lowest BCUT2D eigenvalue weighted by atomic mass is 10.1. The monoisotopic (exact) mass is 396 g/mol. The average molecular weight is 396 g/mol. The Kier molecular flexibility index (Phi) is 6.66. The normalized spacial score (nSPS) is 16.6. The number of rotatable bonds is 7. The van der Waals surface area contributed by atoms with Gasteiger partial charge in [-0.2, -0.15) is 0 Å². The van der Waals surface area contributed by atoms with Gasteiger partial charge in [0.15, 0.2) is 0 Å². The predicted octanol–water partition coefficient (Wildman–Crippen LogP) is 1.61. The van der Waals surface area contributed by atoms with Crippen molar-refractivity contribution in [1.82, 2.24) is 19.8 Å². The summed E-state index contributed by atoms with van der Waals surface area (Å²) in [6.07, 6.45) is 7.71. The molecule has 2 aromatic heterocycles. The SMILES string of the molecule is CNc1cc(-c2c[nH]c(=O)c(N[C@H]3CCN(C(=O)/C=C/CN(C)C)C3)c2)ccn1. The molecule has 3 heterocycles. The van der Waals surface area contributed by atoms with E-state index >= 15 is 0 Å². The molecule has 8 heteroatoms. The largest absolute Gasteiger partial charge is 0.376 e. The molecule has 0 saturated carbocycles. The topological polar surface area (TPSA) is 93.4 Å². The number of likely N-dealkylation sites (tertiary alicyclic amines) is 1. The number of carbonyl (C=O) groups excluding carboxylic acids is 1. The van der Waals surface area contributed by atoms with Gasteiger partial charge >= 0.3 is 0 Å². The van der Waals surface area contributed by atoms with Crippen LogP contribution < -0.4 is 16.2 Å². The van der Waals surface area contributed by atoms with Crippen LogP contribution >= 0.6 is 0 Å². The molecule has 1 fully saturated rings. The van der Waals surface area contributed by atoms with Gasteiger partial charge in [-0.05, 0) is 44.3 Å². The fourth-order valence-electron chi connectivity index (χ4n) is 3.27. The van der Waals surface area contributed by atoms with E-state index in [1.807, 2.05) is 55.2 Å². The van der Waals surface area contributed by atoms with Crippen LogP contribution in [0.15, 0.2) is 47.5 Å². The van der Waals surface area contributed by atoms with E-state index in [-0.39, 0.29) is 17.5 Å². The number of nitrogens with zero attached hydrogens (tertiary/aromatic N) is 3. The number of carbonyl (C=O) groups is 1. The minimum Gasteiger partial charge on any atom is -0.376 e. The van der Waals surface area contributed by atoms with Gasteiger partial charge in [0.2, 0.25) is 5.91 Å². The number of H-pyrrole nitrogens is 1. The van der Waals surface area contributed by atoms with Gasteiger partial charge in [-0.25, -0.2) is 4.98 Å². The van der Waals surface area contributed by atoms with E-state index < -0.39 is 0 Å². The summed E-state index contributed by atoms with van der Waals surface area (Å²) in [4.78, 5) is 35.4. The summed E-state index contributed by atoms with van der Waals surface area (Å²) in [5.74, 6) is 0.769. The third-order valence-electron chi connectivity index (χ3n) is 4.84. The Morgan fingerprint density at radius 2 is 2.21 bits per heavy atom. The van der Waals surface area contributed by atoms with E-state index in [4.69, 9.17) is 0 Å². The summed E-state index contributed by atoms with van der Waals surface area (Å²) in [6, 6.07) is 5.71. The summed E-state index contributed by atoms with van der Waals surface area (Å²) in [5, 5.41) is 6.32. The molecule has 0 bridgehead atoms. The Hall–Kier alpha value is -3.13. The Balaban J connectivity index is 1.67. The van der Waals surface area contributed by atoms with E-state index in [2.05, 4.69) is 20.6 Å². The molecule has 1 aliphatic heterocycles. The maximum atomic E-state index is 12.3. The molecule has 8 nitrogen and oxygen atoms in total. The van der Waals surface area contributed by atoms with Crippen LogP contribution in [0.1, 0.15) is 6.42 Å². The minimum absolute atomic E-state index is 0.00944. The van der Waals surface area contributed by atoms with Crippen LogP contribution in [0.5, 0.6) is 0 Å². The summed E-state index contributed by atoms with van der Waals surface area (Å²) in [6.45, 7) is 1.98. The van der Waals surface area contributed by atoms with Crippen molar-refractivity contribution in [2.45, 2.75) is 12.5 Å². The molecular formula is C21H28N6O2. The van der Waals surface area contributed by atoms with Crippen molar-refractivity contribution in [3.8, 4) is 11.1 Å². The van der Waals surface area contributed by atoms with Crippen LogP contribution in [0.2, 0.25) is 0 Å². The number of hydrogen-bond donors (Lipinski definition) is 3. The van der Waals surface area contributed by atoms with Crippen molar-refractivity contribution in [1.29, 1.82) is 0 Å². The molecule has 0 radical (unpaired) electrons. The lowest BCUT2D eigenvalue weighted by molar-refractivity contribution is -0.125. The number of hydrogen-bond acceptors (Lipinski definition) is 6. The van der Waals surface area contributed by atoms with Crippen LogP contribution in [0.25, 0.3) is 11.1 Å². The van der Waals surface area contributed by atoms with E-state index in [0.29, 0.717) is 18.8 Å². The summed E-state index contributed by atoms with van der Waals surface area (Å²) in [5.41, 5.74) is 2.18. The molecule has 154 valence electrons. The number of anilines is 2. The highest BCUT2D eigenvalue weighted by atomic mass is 16.2. The zero-order valence-corrected chi connectivity index (χ0v) is 17.1. The van der Waals surface area contributed by atoms with Gasteiger partial charge in [0.05, 0.1) is 0 Å². The van der Waals surface area contributed by atoms with Crippen molar-refractivity contribution in [3.05, 3.63) is 53.1 Å². The third kappa shape index (κ3) is 5.45. The lowest BCUT2D eigenvalue weighted by Gasteiger charge is -2.16. The molecule has 0 unspecified atom stereocenters. The fourth-order valence-corrected chi connectivity index (χ4v) is 3.27. The molecule has 29 heavy (non-hydrogen) atoms. The Labute approximate surface area is 170 Å². The molecule has 1 aliphatic rings.